The second-order valence-corrected chi connectivity index (χ2v) is 8.41. The first kappa shape index (κ1) is 18.0. The van der Waals surface area contributed by atoms with Gasteiger partial charge < -0.3 is 9.47 Å². The predicted molar refractivity (Wildman–Crippen MR) is 82.2 cm³/mol. The normalized spacial score (nSPS) is 20.8. The van der Waals surface area contributed by atoms with Gasteiger partial charge in [-0.3, -0.25) is 4.79 Å². The van der Waals surface area contributed by atoms with Crippen molar-refractivity contribution in [3.05, 3.63) is 0 Å². The Labute approximate surface area is 129 Å². The summed E-state index contributed by atoms with van der Waals surface area (Å²) in [6.45, 7) is 5.40. The van der Waals surface area contributed by atoms with Crippen molar-refractivity contribution in [1.82, 2.24) is 0 Å². The van der Waals surface area contributed by atoms with Crippen molar-refractivity contribution in [1.29, 1.82) is 0 Å². The quantitative estimate of drug-likeness (QED) is 0.569. The molecule has 0 saturated heterocycles. The highest BCUT2D eigenvalue weighted by molar-refractivity contribution is 7.99. The summed E-state index contributed by atoms with van der Waals surface area (Å²) >= 11 is 0. The molecule has 6 heteroatoms. The molecular formula is C15H25O5S+. The molecule has 0 spiro atoms. The van der Waals surface area contributed by atoms with Crippen molar-refractivity contribution >= 4 is 28.6 Å². The van der Waals surface area contributed by atoms with Gasteiger partial charge in [-0.15, -0.1) is 0 Å². The maximum absolute atomic E-state index is 12.1. The highest BCUT2D eigenvalue weighted by Crippen LogP contribution is 2.24. The van der Waals surface area contributed by atoms with E-state index in [4.69, 9.17) is 9.47 Å². The summed E-state index contributed by atoms with van der Waals surface area (Å²) in [4.78, 5) is 35.6. The van der Waals surface area contributed by atoms with E-state index in [9.17, 15) is 14.4 Å². The molecule has 0 aromatic rings. The minimum absolute atomic E-state index is 0.114. The average Bonchev–Trinajstić information content (AvgIpc) is 2.36. The molecule has 0 aromatic carbocycles. The monoisotopic (exact) mass is 317 g/mol. The lowest BCUT2D eigenvalue weighted by atomic mass is 9.99. The number of carbonyl (C=O) groups is 3. The van der Waals surface area contributed by atoms with E-state index in [0.717, 1.165) is 19.3 Å². The highest BCUT2D eigenvalue weighted by atomic mass is 32.2. The average molecular weight is 317 g/mol. The first-order valence-electron chi connectivity index (χ1n) is 7.20. The Bertz CT molecular complexity index is 399. The summed E-state index contributed by atoms with van der Waals surface area (Å²) in [5.74, 6) is -0.333. The zero-order valence-electron chi connectivity index (χ0n) is 13.3. The molecule has 0 heterocycles. The van der Waals surface area contributed by atoms with Gasteiger partial charge in [0.05, 0.1) is 7.11 Å². The molecule has 1 aliphatic carbocycles. The number of rotatable bonds is 5. The molecule has 1 saturated carbocycles. The van der Waals surface area contributed by atoms with Gasteiger partial charge in [-0.2, -0.15) is 0 Å². The Balaban J connectivity index is 2.74. The van der Waals surface area contributed by atoms with Crippen LogP contribution in [0.25, 0.3) is 0 Å². The van der Waals surface area contributed by atoms with Crippen LogP contribution >= 0.6 is 0 Å². The minimum atomic E-state index is -0.634. The van der Waals surface area contributed by atoms with Gasteiger partial charge in [0.1, 0.15) is 5.60 Å². The summed E-state index contributed by atoms with van der Waals surface area (Å²) in [5.41, 5.74) is -0.562. The highest BCUT2D eigenvalue weighted by Gasteiger charge is 2.42. The van der Waals surface area contributed by atoms with E-state index >= 15 is 0 Å². The second-order valence-electron chi connectivity index (χ2n) is 6.19. The summed E-state index contributed by atoms with van der Waals surface area (Å²) < 4.78 is 10.0. The Morgan fingerprint density at radius 3 is 2.33 bits per heavy atom. The Morgan fingerprint density at radius 1 is 1.19 bits per heavy atom. The van der Waals surface area contributed by atoms with E-state index < -0.39 is 16.5 Å². The zero-order chi connectivity index (χ0) is 16.0. The van der Waals surface area contributed by atoms with Crippen LogP contribution < -0.4 is 0 Å². The fourth-order valence-electron chi connectivity index (χ4n) is 2.29. The summed E-state index contributed by atoms with van der Waals surface area (Å²) in [6.07, 6.45) is 3.16. The molecule has 120 valence electrons. The number of methoxy groups -OCH3 is 1. The summed E-state index contributed by atoms with van der Waals surface area (Å²) in [7, 11) is 0.685. The standard InChI is InChI=1S/C15H25O5S/c1-15(2,3)20-14(18)10-21(9-13(17)19-4)12-8-6-5-7-11(12)16/h12H,5-10H2,1-4H3/q+1. The van der Waals surface area contributed by atoms with Crippen LogP contribution in [0, 0.1) is 0 Å². The fraction of sp³-hybridized carbons (Fsp3) is 0.800. The van der Waals surface area contributed by atoms with E-state index in [1.807, 2.05) is 0 Å². The third kappa shape index (κ3) is 6.50. The summed E-state index contributed by atoms with van der Waals surface area (Å²) in [5, 5.41) is -0.203. The molecule has 1 fully saturated rings. The molecule has 2 unspecified atom stereocenters. The van der Waals surface area contributed by atoms with Gasteiger partial charge in [0.2, 0.25) is 11.5 Å². The van der Waals surface area contributed by atoms with Crippen molar-refractivity contribution < 1.29 is 23.9 Å². The third-order valence-electron chi connectivity index (χ3n) is 3.16. The van der Waals surface area contributed by atoms with Crippen LogP contribution in [0.3, 0.4) is 0 Å². The van der Waals surface area contributed by atoms with Crippen LogP contribution in [0.4, 0.5) is 0 Å². The predicted octanol–water partition coefficient (Wildman–Crippen LogP) is 1.63. The lowest BCUT2D eigenvalue weighted by molar-refractivity contribution is -0.151. The van der Waals surface area contributed by atoms with Gasteiger partial charge in [0.15, 0.2) is 11.0 Å². The van der Waals surface area contributed by atoms with Crippen LogP contribution in [-0.2, 0) is 34.8 Å². The van der Waals surface area contributed by atoms with E-state index in [0.29, 0.717) is 6.42 Å². The lowest BCUT2D eigenvalue weighted by Gasteiger charge is -2.23. The molecule has 0 aromatic heterocycles. The van der Waals surface area contributed by atoms with Gasteiger partial charge in [0, 0.05) is 23.7 Å². The van der Waals surface area contributed by atoms with E-state index in [1.54, 1.807) is 20.8 Å². The van der Waals surface area contributed by atoms with Crippen molar-refractivity contribution in [3.63, 3.8) is 0 Å². The number of hydrogen-bond acceptors (Lipinski definition) is 5. The number of hydrogen-bond donors (Lipinski definition) is 0. The van der Waals surface area contributed by atoms with Crippen molar-refractivity contribution in [2.75, 3.05) is 18.6 Å². The number of Topliss-reactive ketones (excluding diaryl/α,β-unsaturated/α-hetero) is 1. The number of carbonyl (C=O) groups excluding carboxylic acids is 3. The zero-order valence-corrected chi connectivity index (χ0v) is 14.1. The van der Waals surface area contributed by atoms with E-state index in [1.165, 1.54) is 7.11 Å². The lowest BCUT2D eigenvalue weighted by Crippen LogP contribution is -2.42. The molecule has 0 N–H and O–H groups in total. The van der Waals surface area contributed by atoms with Crippen LogP contribution in [0.2, 0.25) is 0 Å². The minimum Gasteiger partial charge on any atom is -0.466 e. The van der Waals surface area contributed by atoms with E-state index in [2.05, 4.69) is 0 Å². The Kier molecular flexibility index (Phi) is 6.71. The molecule has 0 aliphatic heterocycles. The Hall–Kier alpha value is -1.04. The summed E-state index contributed by atoms with van der Waals surface area (Å²) in [6, 6.07) is 0. The SMILES string of the molecule is COC(=O)C[S+](CC(=O)OC(C)(C)C)C1CCCCC1=O. The maximum atomic E-state index is 12.1. The number of ether oxygens (including phenoxy) is 2. The van der Waals surface area contributed by atoms with Crippen molar-refractivity contribution in [3.8, 4) is 0 Å². The smallest absolute Gasteiger partial charge is 0.356 e. The second kappa shape index (κ2) is 7.82. The first-order valence-corrected chi connectivity index (χ1v) is 8.83. The van der Waals surface area contributed by atoms with Crippen LogP contribution in [0.15, 0.2) is 0 Å². The van der Waals surface area contributed by atoms with Crippen molar-refractivity contribution in [2.24, 2.45) is 0 Å². The first-order chi connectivity index (χ1) is 9.73. The van der Waals surface area contributed by atoms with Gasteiger partial charge in [-0.1, -0.05) is 0 Å². The fourth-order valence-corrected chi connectivity index (χ4v) is 4.56. The molecule has 0 amide bonds. The van der Waals surface area contributed by atoms with Gasteiger partial charge in [0.25, 0.3) is 0 Å². The van der Waals surface area contributed by atoms with Crippen LogP contribution in [0.1, 0.15) is 46.5 Å². The van der Waals surface area contributed by atoms with Gasteiger partial charge in [-0.25, -0.2) is 9.59 Å². The topological polar surface area (TPSA) is 69.7 Å². The van der Waals surface area contributed by atoms with Gasteiger partial charge in [-0.05, 0) is 33.6 Å². The maximum Gasteiger partial charge on any atom is 0.356 e. The number of esters is 2. The molecule has 0 radical (unpaired) electrons. The van der Waals surface area contributed by atoms with Crippen LogP contribution in [-0.4, -0.2) is 47.2 Å². The molecule has 2 atom stereocenters. The molecule has 21 heavy (non-hydrogen) atoms. The molecule has 5 nitrogen and oxygen atoms in total. The molecule has 0 bridgehead atoms. The van der Waals surface area contributed by atoms with Gasteiger partial charge >= 0.3 is 11.9 Å². The largest absolute Gasteiger partial charge is 0.466 e. The van der Waals surface area contributed by atoms with Crippen molar-refractivity contribution in [2.45, 2.75) is 57.3 Å². The van der Waals surface area contributed by atoms with E-state index in [-0.39, 0.29) is 34.5 Å². The molecular weight excluding hydrogens is 292 g/mol. The number of ketones is 1. The molecule has 1 rings (SSSR count). The molecule has 1 aliphatic rings. The Morgan fingerprint density at radius 2 is 1.81 bits per heavy atom. The third-order valence-corrected chi connectivity index (χ3v) is 5.67. The van der Waals surface area contributed by atoms with Crippen LogP contribution in [0.5, 0.6) is 0 Å².